The quantitative estimate of drug-likeness (QED) is 0.232. The van der Waals surface area contributed by atoms with Crippen LogP contribution in [0.25, 0.3) is 0 Å². The summed E-state index contributed by atoms with van der Waals surface area (Å²) < 4.78 is 34.9. The number of hydrogen-bond donors (Lipinski definition) is 1. The lowest BCUT2D eigenvalue weighted by molar-refractivity contribution is -0.139. The number of anilines is 1. The second kappa shape index (κ2) is 14.7. The first-order valence-electron chi connectivity index (χ1n) is 14.0. The highest BCUT2D eigenvalue weighted by Gasteiger charge is 2.34. The first-order chi connectivity index (χ1) is 20.5. The predicted octanol–water partition coefficient (Wildman–Crippen LogP) is 6.72. The minimum Gasteiger partial charge on any atom is -0.492 e. The van der Waals surface area contributed by atoms with Crippen LogP contribution in [0, 0.1) is 0 Å². The first kappa shape index (κ1) is 32.9. The summed E-state index contributed by atoms with van der Waals surface area (Å²) in [6.07, 6.45) is 3.81. The van der Waals surface area contributed by atoms with E-state index in [4.69, 9.17) is 39.5 Å². The zero-order valence-corrected chi connectivity index (χ0v) is 27.0. The number of rotatable bonds is 12. The molecule has 1 saturated carbocycles. The molecule has 0 saturated heterocycles. The van der Waals surface area contributed by atoms with E-state index in [0.29, 0.717) is 26.4 Å². The summed E-state index contributed by atoms with van der Waals surface area (Å²) in [6, 6.07) is 16.4. The molecule has 3 aromatic rings. The predicted molar refractivity (Wildman–Crippen MR) is 170 cm³/mol. The SMILES string of the molecule is CCOc1ccccc1N(CC(=O)N(Cc1ccc(Cl)c(Cl)c1)C(C)C(=O)NC1CCCC1)S(=O)(=O)c1ccc(Cl)cc1. The van der Waals surface area contributed by atoms with E-state index in [1.807, 2.05) is 0 Å². The summed E-state index contributed by atoms with van der Waals surface area (Å²) in [4.78, 5) is 28.9. The highest BCUT2D eigenvalue weighted by molar-refractivity contribution is 7.92. The number of halogens is 3. The van der Waals surface area contributed by atoms with Crippen molar-refractivity contribution in [2.75, 3.05) is 17.5 Å². The van der Waals surface area contributed by atoms with Crippen molar-refractivity contribution in [2.24, 2.45) is 0 Å². The third-order valence-electron chi connectivity index (χ3n) is 7.32. The number of carbonyl (C=O) groups is 2. The molecular formula is C31H34Cl3N3O5S. The topological polar surface area (TPSA) is 96.0 Å². The molecule has 0 radical (unpaired) electrons. The molecule has 8 nitrogen and oxygen atoms in total. The number of nitrogens with one attached hydrogen (secondary N) is 1. The average molecular weight is 667 g/mol. The lowest BCUT2D eigenvalue weighted by atomic mass is 10.1. The number of nitrogens with zero attached hydrogens (tertiary/aromatic N) is 2. The van der Waals surface area contributed by atoms with Crippen LogP contribution >= 0.6 is 34.8 Å². The van der Waals surface area contributed by atoms with Crippen LogP contribution in [0.2, 0.25) is 15.1 Å². The molecule has 1 N–H and O–H groups in total. The Hall–Kier alpha value is -2.98. The van der Waals surface area contributed by atoms with Crippen LogP contribution in [0.5, 0.6) is 5.75 Å². The fraction of sp³-hybridized carbons (Fsp3) is 0.355. The van der Waals surface area contributed by atoms with Gasteiger partial charge in [0.05, 0.1) is 27.2 Å². The van der Waals surface area contributed by atoms with Gasteiger partial charge in [-0.1, -0.05) is 65.8 Å². The molecule has 1 fully saturated rings. The fourth-order valence-corrected chi connectivity index (χ4v) is 6.87. The molecule has 0 spiro atoms. The largest absolute Gasteiger partial charge is 0.492 e. The van der Waals surface area contributed by atoms with Crippen LogP contribution < -0.4 is 14.4 Å². The average Bonchev–Trinajstić information content (AvgIpc) is 3.50. The molecule has 230 valence electrons. The Kier molecular flexibility index (Phi) is 11.2. The standard InChI is InChI=1S/C31H34Cl3N3O5S/c1-3-42-29-11-7-6-10-28(29)37(43(40,41)25-15-13-23(32)14-16-25)20-30(38)36(19-22-12-17-26(33)27(34)18-22)21(2)31(39)35-24-8-4-5-9-24/h6-7,10-18,21,24H,3-5,8-9,19-20H2,1-2H3,(H,35,39). The van der Waals surface area contributed by atoms with Gasteiger partial charge in [0.1, 0.15) is 18.3 Å². The Balaban J connectivity index is 1.73. The Labute approximate surface area is 267 Å². The number of hydrogen-bond acceptors (Lipinski definition) is 5. The lowest BCUT2D eigenvalue weighted by Crippen LogP contribution is -2.52. The van der Waals surface area contributed by atoms with Crippen molar-refractivity contribution in [1.82, 2.24) is 10.2 Å². The molecule has 3 aromatic carbocycles. The number of ether oxygens (including phenoxy) is 1. The molecule has 1 atom stereocenters. The van der Waals surface area contributed by atoms with Gasteiger partial charge in [-0.2, -0.15) is 0 Å². The smallest absolute Gasteiger partial charge is 0.264 e. The summed E-state index contributed by atoms with van der Waals surface area (Å²) in [5, 5.41) is 4.06. The molecule has 0 heterocycles. The third-order valence-corrected chi connectivity index (χ3v) is 10.1. The summed E-state index contributed by atoms with van der Waals surface area (Å²) >= 11 is 18.4. The van der Waals surface area contributed by atoms with Gasteiger partial charge < -0.3 is 15.0 Å². The van der Waals surface area contributed by atoms with Crippen LogP contribution in [0.1, 0.15) is 45.1 Å². The summed E-state index contributed by atoms with van der Waals surface area (Å²) in [7, 11) is -4.28. The van der Waals surface area contributed by atoms with Gasteiger partial charge in [0.2, 0.25) is 11.8 Å². The molecule has 0 aromatic heterocycles. The molecule has 0 aliphatic heterocycles. The normalized spacial score (nSPS) is 14.3. The van der Waals surface area contributed by atoms with Crippen LogP contribution in [-0.4, -0.2) is 50.4 Å². The van der Waals surface area contributed by atoms with Gasteiger partial charge >= 0.3 is 0 Å². The van der Waals surface area contributed by atoms with Crippen LogP contribution in [0.3, 0.4) is 0 Å². The van der Waals surface area contributed by atoms with E-state index < -0.39 is 28.5 Å². The highest BCUT2D eigenvalue weighted by atomic mass is 35.5. The number of benzene rings is 3. The maximum absolute atomic E-state index is 14.2. The number of amides is 2. The Bertz CT molecular complexity index is 1550. The minimum atomic E-state index is -4.28. The van der Waals surface area contributed by atoms with E-state index in [-0.39, 0.29) is 35.7 Å². The van der Waals surface area contributed by atoms with Crippen molar-refractivity contribution in [2.45, 2.75) is 63.1 Å². The van der Waals surface area contributed by atoms with E-state index in [2.05, 4.69) is 5.32 Å². The van der Waals surface area contributed by atoms with E-state index in [9.17, 15) is 18.0 Å². The van der Waals surface area contributed by atoms with Crippen molar-refractivity contribution in [3.8, 4) is 5.75 Å². The van der Waals surface area contributed by atoms with Crippen LogP contribution in [0.15, 0.2) is 71.6 Å². The molecular weight excluding hydrogens is 633 g/mol. The number of sulfonamides is 1. The molecule has 4 rings (SSSR count). The second-order valence-corrected chi connectivity index (χ2v) is 13.4. The second-order valence-electron chi connectivity index (χ2n) is 10.3. The van der Waals surface area contributed by atoms with E-state index >= 15 is 0 Å². The summed E-state index contributed by atoms with van der Waals surface area (Å²) in [6.45, 7) is 3.09. The van der Waals surface area contributed by atoms with Crippen molar-refractivity contribution in [3.63, 3.8) is 0 Å². The molecule has 2 amide bonds. The van der Waals surface area contributed by atoms with Gasteiger partial charge in [-0.25, -0.2) is 8.42 Å². The molecule has 0 bridgehead atoms. The molecule has 12 heteroatoms. The molecule has 1 unspecified atom stereocenters. The third kappa shape index (κ3) is 8.15. The van der Waals surface area contributed by atoms with Gasteiger partial charge in [0.25, 0.3) is 10.0 Å². The van der Waals surface area contributed by atoms with Gasteiger partial charge in [0, 0.05) is 17.6 Å². The first-order valence-corrected chi connectivity index (χ1v) is 16.6. The zero-order valence-electron chi connectivity index (χ0n) is 23.9. The Morgan fingerprint density at radius 3 is 2.30 bits per heavy atom. The van der Waals surface area contributed by atoms with Crippen molar-refractivity contribution >= 4 is 62.3 Å². The van der Waals surface area contributed by atoms with Crippen LogP contribution in [0.4, 0.5) is 5.69 Å². The monoisotopic (exact) mass is 665 g/mol. The lowest BCUT2D eigenvalue weighted by Gasteiger charge is -2.33. The van der Waals surface area contributed by atoms with Gasteiger partial charge in [-0.3, -0.25) is 13.9 Å². The van der Waals surface area contributed by atoms with E-state index in [1.165, 1.54) is 29.2 Å². The van der Waals surface area contributed by atoms with Gasteiger partial charge in [-0.05, 0) is 80.8 Å². The van der Waals surface area contributed by atoms with Crippen molar-refractivity contribution in [3.05, 3.63) is 87.4 Å². The number of para-hydroxylation sites is 2. The molecule has 43 heavy (non-hydrogen) atoms. The summed E-state index contributed by atoms with van der Waals surface area (Å²) in [5.74, 6) is -0.621. The molecule has 1 aliphatic rings. The zero-order chi connectivity index (χ0) is 31.1. The maximum atomic E-state index is 14.2. The Morgan fingerprint density at radius 2 is 1.65 bits per heavy atom. The van der Waals surface area contributed by atoms with Gasteiger partial charge in [0.15, 0.2) is 0 Å². The van der Waals surface area contributed by atoms with E-state index in [0.717, 1.165) is 30.0 Å². The Morgan fingerprint density at radius 1 is 0.977 bits per heavy atom. The number of carbonyl (C=O) groups excluding carboxylic acids is 2. The minimum absolute atomic E-state index is 0.00306. The molecule has 1 aliphatic carbocycles. The van der Waals surface area contributed by atoms with E-state index in [1.54, 1.807) is 56.3 Å². The highest BCUT2D eigenvalue weighted by Crippen LogP contribution is 2.33. The summed E-state index contributed by atoms with van der Waals surface area (Å²) in [5.41, 5.74) is 0.815. The van der Waals surface area contributed by atoms with Crippen LogP contribution in [-0.2, 0) is 26.2 Å². The maximum Gasteiger partial charge on any atom is 0.264 e. The van der Waals surface area contributed by atoms with Crippen molar-refractivity contribution < 1.29 is 22.7 Å². The van der Waals surface area contributed by atoms with Gasteiger partial charge in [-0.15, -0.1) is 0 Å². The van der Waals surface area contributed by atoms with Crippen molar-refractivity contribution in [1.29, 1.82) is 0 Å². The fourth-order valence-electron chi connectivity index (χ4n) is 5.00.